The minimum absolute atomic E-state index is 0.115. The van der Waals surface area contributed by atoms with Gasteiger partial charge < -0.3 is 4.74 Å². The lowest BCUT2D eigenvalue weighted by Crippen LogP contribution is -2.41. The van der Waals surface area contributed by atoms with E-state index < -0.39 is 5.82 Å². The van der Waals surface area contributed by atoms with E-state index in [9.17, 15) is 4.39 Å². The fourth-order valence-electron chi connectivity index (χ4n) is 1.83. The minimum Gasteiger partial charge on any atom is -0.492 e. The molecule has 0 bridgehead atoms. The standard InChI is InChI=1S/C15H16ClFN2O/c16-14-7-6-11(9-15(14)17)8-12(19-18)10-20-13-4-2-1-3-5-13/h1-7,9,12,19H,8,10,18H2. The van der Waals surface area contributed by atoms with E-state index in [-0.39, 0.29) is 11.1 Å². The smallest absolute Gasteiger partial charge is 0.142 e. The molecule has 3 N–H and O–H groups in total. The third-order valence-corrected chi connectivity index (χ3v) is 3.20. The summed E-state index contributed by atoms with van der Waals surface area (Å²) in [5.41, 5.74) is 3.49. The number of hydrazine groups is 1. The molecular formula is C15H16ClFN2O. The molecule has 0 radical (unpaired) electrons. The van der Waals surface area contributed by atoms with Crippen molar-refractivity contribution in [3.8, 4) is 5.75 Å². The Morgan fingerprint density at radius 3 is 2.60 bits per heavy atom. The molecule has 2 aromatic carbocycles. The third-order valence-electron chi connectivity index (χ3n) is 2.90. The summed E-state index contributed by atoms with van der Waals surface area (Å²) >= 11 is 5.65. The Bertz CT molecular complexity index is 551. The lowest BCUT2D eigenvalue weighted by Gasteiger charge is -2.17. The van der Waals surface area contributed by atoms with Crippen LogP contribution in [0.1, 0.15) is 5.56 Å². The number of para-hydroxylation sites is 1. The zero-order valence-corrected chi connectivity index (χ0v) is 11.6. The Hall–Kier alpha value is -1.62. The van der Waals surface area contributed by atoms with Crippen LogP contribution in [0.4, 0.5) is 4.39 Å². The summed E-state index contributed by atoms with van der Waals surface area (Å²) < 4.78 is 19.0. The zero-order valence-electron chi connectivity index (χ0n) is 10.9. The molecule has 1 atom stereocenters. The van der Waals surface area contributed by atoms with Gasteiger partial charge in [0.05, 0.1) is 11.1 Å². The average molecular weight is 295 g/mol. The highest BCUT2D eigenvalue weighted by Crippen LogP contribution is 2.17. The Balaban J connectivity index is 1.93. The maximum absolute atomic E-state index is 13.4. The van der Waals surface area contributed by atoms with Crippen molar-refractivity contribution in [3.63, 3.8) is 0 Å². The molecular weight excluding hydrogens is 279 g/mol. The van der Waals surface area contributed by atoms with Crippen molar-refractivity contribution in [1.29, 1.82) is 0 Å². The van der Waals surface area contributed by atoms with Crippen molar-refractivity contribution < 1.29 is 9.13 Å². The van der Waals surface area contributed by atoms with Crippen LogP contribution >= 0.6 is 11.6 Å². The molecule has 0 aliphatic carbocycles. The molecule has 20 heavy (non-hydrogen) atoms. The van der Waals surface area contributed by atoms with Gasteiger partial charge in [0, 0.05) is 0 Å². The maximum atomic E-state index is 13.4. The van der Waals surface area contributed by atoms with Gasteiger partial charge in [-0.2, -0.15) is 0 Å². The predicted molar refractivity (Wildman–Crippen MR) is 78.2 cm³/mol. The van der Waals surface area contributed by atoms with E-state index in [1.165, 1.54) is 12.1 Å². The Morgan fingerprint density at radius 2 is 1.95 bits per heavy atom. The van der Waals surface area contributed by atoms with Crippen LogP contribution in [0.25, 0.3) is 0 Å². The van der Waals surface area contributed by atoms with Gasteiger partial charge in [-0.1, -0.05) is 35.9 Å². The summed E-state index contributed by atoms with van der Waals surface area (Å²) in [6.07, 6.45) is 0.553. The minimum atomic E-state index is -0.427. The number of ether oxygens (including phenoxy) is 1. The fraction of sp³-hybridized carbons (Fsp3) is 0.200. The summed E-state index contributed by atoms with van der Waals surface area (Å²) in [5, 5.41) is 0.117. The first-order valence-electron chi connectivity index (χ1n) is 6.27. The lowest BCUT2D eigenvalue weighted by molar-refractivity contribution is 0.264. The van der Waals surface area contributed by atoms with E-state index in [0.717, 1.165) is 11.3 Å². The predicted octanol–water partition coefficient (Wildman–Crippen LogP) is 2.93. The Morgan fingerprint density at radius 1 is 1.20 bits per heavy atom. The van der Waals surface area contributed by atoms with Gasteiger partial charge in [0.15, 0.2) is 0 Å². The largest absolute Gasteiger partial charge is 0.492 e. The van der Waals surface area contributed by atoms with Crippen LogP contribution in [-0.4, -0.2) is 12.6 Å². The highest BCUT2D eigenvalue weighted by molar-refractivity contribution is 6.30. The van der Waals surface area contributed by atoms with Crippen molar-refractivity contribution >= 4 is 11.6 Å². The molecule has 0 saturated carbocycles. The molecule has 0 aliphatic heterocycles. The number of halogens is 2. The molecule has 3 nitrogen and oxygen atoms in total. The molecule has 2 aromatic rings. The second-order valence-corrected chi connectivity index (χ2v) is 4.85. The van der Waals surface area contributed by atoms with Crippen LogP contribution in [0, 0.1) is 5.82 Å². The molecule has 0 fully saturated rings. The molecule has 2 rings (SSSR count). The highest BCUT2D eigenvalue weighted by atomic mass is 35.5. The van der Waals surface area contributed by atoms with Crippen LogP contribution in [0.15, 0.2) is 48.5 Å². The quantitative estimate of drug-likeness (QED) is 0.636. The Labute approximate surface area is 122 Å². The summed E-state index contributed by atoms with van der Waals surface area (Å²) in [5.74, 6) is 5.85. The van der Waals surface area contributed by atoms with Crippen molar-refractivity contribution in [3.05, 3.63) is 64.9 Å². The monoisotopic (exact) mass is 294 g/mol. The van der Waals surface area contributed by atoms with Crippen LogP contribution in [-0.2, 0) is 6.42 Å². The van der Waals surface area contributed by atoms with Crippen LogP contribution in [0.3, 0.4) is 0 Å². The number of hydrogen-bond acceptors (Lipinski definition) is 3. The van der Waals surface area contributed by atoms with Gasteiger partial charge in [-0.15, -0.1) is 0 Å². The number of nitrogens with two attached hydrogens (primary N) is 1. The molecule has 1 unspecified atom stereocenters. The molecule has 0 spiro atoms. The molecule has 106 valence electrons. The summed E-state index contributed by atoms with van der Waals surface area (Å²) in [4.78, 5) is 0. The van der Waals surface area contributed by atoms with Crippen LogP contribution in [0.5, 0.6) is 5.75 Å². The zero-order chi connectivity index (χ0) is 14.4. The lowest BCUT2D eigenvalue weighted by atomic mass is 10.1. The van der Waals surface area contributed by atoms with Gasteiger partial charge >= 0.3 is 0 Å². The summed E-state index contributed by atoms with van der Waals surface area (Å²) in [6.45, 7) is 0.394. The van der Waals surface area contributed by atoms with Crippen molar-refractivity contribution in [2.75, 3.05) is 6.61 Å². The van der Waals surface area contributed by atoms with Gasteiger partial charge in [0.25, 0.3) is 0 Å². The van der Waals surface area contributed by atoms with Crippen molar-refractivity contribution in [2.45, 2.75) is 12.5 Å². The van der Waals surface area contributed by atoms with Gasteiger partial charge in [0.1, 0.15) is 18.2 Å². The second-order valence-electron chi connectivity index (χ2n) is 4.44. The Kier molecular flexibility index (Phi) is 5.35. The number of rotatable bonds is 6. The molecule has 0 aliphatic rings. The molecule has 5 heteroatoms. The summed E-state index contributed by atoms with van der Waals surface area (Å²) in [7, 11) is 0. The van der Waals surface area contributed by atoms with Crippen LogP contribution < -0.4 is 16.0 Å². The molecule has 0 amide bonds. The third kappa shape index (κ3) is 4.20. The normalized spacial score (nSPS) is 12.2. The molecule has 0 heterocycles. The highest BCUT2D eigenvalue weighted by Gasteiger charge is 2.10. The first-order chi connectivity index (χ1) is 9.69. The van der Waals surface area contributed by atoms with E-state index in [1.807, 2.05) is 30.3 Å². The summed E-state index contributed by atoms with van der Waals surface area (Å²) in [6, 6.07) is 14.1. The molecule has 0 saturated heterocycles. The SMILES string of the molecule is NNC(COc1ccccc1)Cc1ccc(Cl)c(F)c1. The van der Waals surface area contributed by atoms with Gasteiger partial charge in [-0.05, 0) is 36.2 Å². The van der Waals surface area contributed by atoms with Gasteiger partial charge in [0.2, 0.25) is 0 Å². The van der Waals surface area contributed by atoms with Gasteiger partial charge in [-0.3, -0.25) is 11.3 Å². The fourth-order valence-corrected chi connectivity index (χ4v) is 1.95. The number of benzene rings is 2. The van der Waals surface area contributed by atoms with Gasteiger partial charge in [-0.25, -0.2) is 4.39 Å². The van der Waals surface area contributed by atoms with Crippen LogP contribution in [0.2, 0.25) is 5.02 Å². The van der Waals surface area contributed by atoms with E-state index in [2.05, 4.69) is 5.43 Å². The first-order valence-corrected chi connectivity index (χ1v) is 6.64. The molecule has 0 aromatic heterocycles. The van der Waals surface area contributed by atoms with E-state index in [1.54, 1.807) is 6.07 Å². The maximum Gasteiger partial charge on any atom is 0.142 e. The number of nitrogens with one attached hydrogen (secondary N) is 1. The topological polar surface area (TPSA) is 47.3 Å². The van der Waals surface area contributed by atoms with E-state index in [4.69, 9.17) is 22.2 Å². The second kappa shape index (κ2) is 7.24. The van der Waals surface area contributed by atoms with Crippen molar-refractivity contribution in [2.24, 2.45) is 5.84 Å². The van der Waals surface area contributed by atoms with Crippen molar-refractivity contribution in [1.82, 2.24) is 5.43 Å². The van der Waals surface area contributed by atoms with E-state index >= 15 is 0 Å². The first kappa shape index (κ1) is 14.8. The van der Waals surface area contributed by atoms with E-state index in [0.29, 0.717) is 13.0 Å². The average Bonchev–Trinajstić information content (AvgIpc) is 2.48. The number of hydrogen-bond donors (Lipinski definition) is 2.